The second-order valence-electron chi connectivity index (χ2n) is 6.44. The van der Waals surface area contributed by atoms with Gasteiger partial charge in [-0.05, 0) is 55.5 Å². The molecule has 0 spiro atoms. The first-order chi connectivity index (χ1) is 13.9. The van der Waals surface area contributed by atoms with E-state index in [0.717, 1.165) is 9.37 Å². The Morgan fingerprint density at radius 1 is 1.07 bits per heavy atom. The molecule has 2 aliphatic heterocycles. The van der Waals surface area contributed by atoms with Gasteiger partial charge in [-0.15, -0.1) is 0 Å². The second kappa shape index (κ2) is 7.61. The van der Waals surface area contributed by atoms with Crippen LogP contribution in [0.1, 0.15) is 6.92 Å². The molecule has 0 unspecified atom stereocenters. The number of carbonyl (C=O) groups excluding carboxylic acids is 3. The van der Waals surface area contributed by atoms with E-state index in [1.807, 2.05) is 0 Å². The average Bonchev–Trinajstić information content (AvgIpc) is 3.21. The zero-order chi connectivity index (χ0) is 20.7. The highest BCUT2D eigenvalue weighted by atomic mass is 79.9. The van der Waals surface area contributed by atoms with Crippen molar-refractivity contribution in [2.75, 3.05) is 16.5 Å². The van der Waals surface area contributed by atoms with Crippen LogP contribution in [0.3, 0.4) is 0 Å². The van der Waals surface area contributed by atoms with Crippen LogP contribution in [0, 0.1) is 5.92 Å². The molecular formula is C20H15BrClN3O4. The zero-order valence-corrected chi connectivity index (χ0v) is 17.6. The van der Waals surface area contributed by atoms with E-state index in [9.17, 15) is 14.4 Å². The molecule has 9 heteroatoms. The van der Waals surface area contributed by atoms with E-state index < -0.39 is 29.7 Å². The molecule has 2 aliphatic rings. The van der Waals surface area contributed by atoms with Gasteiger partial charge >= 0.3 is 5.97 Å². The maximum absolute atomic E-state index is 13.3. The van der Waals surface area contributed by atoms with Gasteiger partial charge in [0.25, 0.3) is 5.91 Å². The first kappa shape index (κ1) is 19.6. The molecule has 2 amide bonds. The number of amides is 2. The lowest BCUT2D eigenvalue weighted by atomic mass is 9.98. The summed E-state index contributed by atoms with van der Waals surface area (Å²) >= 11 is 9.29. The van der Waals surface area contributed by atoms with Gasteiger partial charge in [-0.25, -0.2) is 9.69 Å². The van der Waals surface area contributed by atoms with Gasteiger partial charge in [0, 0.05) is 9.50 Å². The number of rotatable bonds is 4. The lowest BCUT2D eigenvalue weighted by Gasteiger charge is -2.22. The maximum atomic E-state index is 13.3. The van der Waals surface area contributed by atoms with Crippen molar-refractivity contribution >= 4 is 62.4 Å². The lowest BCUT2D eigenvalue weighted by Crippen LogP contribution is -2.39. The number of anilines is 2. The number of hydrazone groups is 1. The monoisotopic (exact) mass is 475 g/mol. The van der Waals surface area contributed by atoms with Crippen LogP contribution in [0.5, 0.6) is 0 Å². The number of benzene rings is 2. The van der Waals surface area contributed by atoms with Crippen LogP contribution in [-0.2, 0) is 19.1 Å². The summed E-state index contributed by atoms with van der Waals surface area (Å²) in [6.45, 7) is 1.80. The number of fused-ring (bicyclic) bond motifs is 1. The van der Waals surface area contributed by atoms with Crippen molar-refractivity contribution in [3.8, 4) is 0 Å². The predicted molar refractivity (Wildman–Crippen MR) is 112 cm³/mol. The van der Waals surface area contributed by atoms with Crippen molar-refractivity contribution in [3.63, 3.8) is 0 Å². The van der Waals surface area contributed by atoms with Crippen LogP contribution in [0.25, 0.3) is 0 Å². The normalized spacial score (nSPS) is 20.7. The molecule has 0 bridgehead atoms. The summed E-state index contributed by atoms with van der Waals surface area (Å²) in [5.41, 5.74) is 0.893. The largest absolute Gasteiger partial charge is 0.461 e. The van der Waals surface area contributed by atoms with E-state index in [2.05, 4.69) is 21.0 Å². The van der Waals surface area contributed by atoms with Gasteiger partial charge in [0.2, 0.25) is 5.91 Å². The molecule has 0 aromatic heterocycles. The van der Waals surface area contributed by atoms with Gasteiger partial charge in [0.15, 0.2) is 5.71 Å². The van der Waals surface area contributed by atoms with Gasteiger partial charge in [-0.1, -0.05) is 27.5 Å². The molecule has 0 radical (unpaired) electrons. The third kappa shape index (κ3) is 3.32. The Morgan fingerprint density at radius 3 is 2.31 bits per heavy atom. The van der Waals surface area contributed by atoms with E-state index in [1.165, 1.54) is 5.01 Å². The molecular weight excluding hydrogens is 462 g/mol. The molecule has 29 heavy (non-hydrogen) atoms. The van der Waals surface area contributed by atoms with Crippen LogP contribution in [0.2, 0.25) is 5.02 Å². The maximum Gasteiger partial charge on any atom is 0.355 e. The molecule has 0 N–H and O–H groups in total. The van der Waals surface area contributed by atoms with E-state index in [0.29, 0.717) is 16.4 Å². The van der Waals surface area contributed by atoms with Crippen molar-refractivity contribution in [3.05, 3.63) is 58.0 Å². The number of carbonyl (C=O) groups is 3. The number of imide groups is 1. The molecule has 1 saturated heterocycles. The number of hydrogen-bond donors (Lipinski definition) is 0. The molecule has 2 atom stereocenters. The third-order valence-corrected chi connectivity index (χ3v) is 5.49. The summed E-state index contributed by atoms with van der Waals surface area (Å²) in [6, 6.07) is 12.5. The topological polar surface area (TPSA) is 79.3 Å². The molecule has 0 saturated carbocycles. The minimum Gasteiger partial charge on any atom is -0.461 e. The first-order valence-electron chi connectivity index (χ1n) is 8.86. The van der Waals surface area contributed by atoms with Gasteiger partial charge in [0.05, 0.1) is 18.0 Å². The van der Waals surface area contributed by atoms with Crippen molar-refractivity contribution < 1.29 is 19.1 Å². The summed E-state index contributed by atoms with van der Waals surface area (Å²) < 4.78 is 5.89. The number of nitrogens with zero attached hydrogens (tertiary/aromatic N) is 3. The van der Waals surface area contributed by atoms with E-state index in [-0.39, 0.29) is 12.3 Å². The summed E-state index contributed by atoms with van der Waals surface area (Å²) in [6.07, 6.45) is 0. The van der Waals surface area contributed by atoms with Crippen molar-refractivity contribution in [1.29, 1.82) is 0 Å². The minimum absolute atomic E-state index is 0.0789. The van der Waals surface area contributed by atoms with Gasteiger partial charge < -0.3 is 4.74 Å². The van der Waals surface area contributed by atoms with Gasteiger partial charge in [-0.3, -0.25) is 14.6 Å². The predicted octanol–water partition coefficient (Wildman–Crippen LogP) is 3.40. The zero-order valence-electron chi connectivity index (χ0n) is 15.2. The van der Waals surface area contributed by atoms with Crippen LogP contribution in [0.4, 0.5) is 11.4 Å². The number of hydrogen-bond acceptors (Lipinski definition) is 6. The number of ether oxygens (including phenoxy) is 1. The Morgan fingerprint density at radius 2 is 1.69 bits per heavy atom. The standard InChI is InChI=1S/C20H15BrClN3O4/c1-2-29-20(28)16-15-17(25(23-16)14-9-5-12(22)6-10-14)19(27)24(18(15)26)13-7-3-11(21)4-8-13/h3-10,15,17H,2H2,1H3/t15-,17+/m0/s1. The molecule has 1 fully saturated rings. The number of esters is 1. The van der Waals surface area contributed by atoms with Crippen molar-refractivity contribution in [1.82, 2.24) is 0 Å². The average molecular weight is 477 g/mol. The Labute approximate surface area is 180 Å². The fourth-order valence-corrected chi connectivity index (χ4v) is 3.83. The third-order valence-electron chi connectivity index (χ3n) is 4.71. The highest BCUT2D eigenvalue weighted by molar-refractivity contribution is 9.10. The van der Waals surface area contributed by atoms with Crippen LogP contribution in [0.15, 0.2) is 58.1 Å². The van der Waals surface area contributed by atoms with Crippen LogP contribution in [-0.4, -0.2) is 36.1 Å². The summed E-state index contributed by atoms with van der Waals surface area (Å²) in [5.74, 6) is -2.72. The molecule has 2 aromatic rings. The van der Waals surface area contributed by atoms with Crippen LogP contribution >= 0.6 is 27.5 Å². The minimum atomic E-state index is -1.04. The van der Waals surface area contributed by atoms with Crippen molar-refractivity contribution in [2.24, 2.45) is 11.0 Å². The Kier molecular flexibility index (Phi) is 5.14. The Balaban J connectivity index is 1.78. The molecule has 148 valence electrons. The first-order valence-corrected chi connectivity index (χ1v) is 10.0. The molecule has 7 nitrogen and oxygen atoms in total. The molecule has 2 heterocycles. The molecule has 2 aromatic carbocycles. The summed E-state index contributed by atoms with van der Waals surface area (Å²) in [7, 11) is 0. The second-order valence-corrected chi connectivity index (χ2v) is 7.79. The Bertz CT molecular complexity index is 1020. The quantitative estimate of drug-likeness (QED) is 0.499. The van der Waals surface area contributed by atoms with E-state index >= 15 is 0 Å². The van der Waals surface area contributed by atoms with E-state index in [4.69, 9.17) is 16.3 Å². The molecule has 4 rings (SSSR count). The fraction of sp³-hybridized carbons (Fsp3) is 0.200. The van der Waals surface area contributed by atoms with Crippen molar-refractivity contribution in [2.45, 2.75) is 13.0 Å². The van der Waals surface area contributed by atoms with Gasteiger partial charge in [-0.2, -0.15) is 5.10 Å². The van der Waals surface area contributed by atoms with Gasteiger partial charge in [0.1, 0.15) is 12.0 Å². The highest BCUT2D eigenvalue weighted by Crippen LogP contribution is 2.38. The fourth-order valence-electron chi connectivity index (χ4n) is 3.44. The smallest absolute Gasteiger partial charge is 0.355 e. The lowest BCUT2D eigenvalue weighted by molar-refractivity contribution is -0.136. The Hall–Kier alpha value is -2.71. The molecule has 0 aliphatic carbocycles. The number of halogens is 2. The summed E-state index contributed by atoms with van der Waals surface area (Å²) in [5, 5.41) is 6.20. The highest BCUT2D eigenvalue weighted by Gasteiger charge is 2.59. The SMILES string of the molecule is CCOC(=O)C1=NN(c2ccc(Cl)cc2)[C@H]2C(=O)N(c3ccc(Br)cc3)C(=O)[C@@H]12. The summed E-state index contributed by atoms with van der Waals surface area (Å²) in [4.78, 5) is 40.0. The van der Waals surface area contributed by atoms with Crippen LogP contribution < -0.4 is 9.91 Å². The van der Waals surface area contributed by atoms with E-state index in [1.54, 1.807) is 55.5 Å².